The Hall–Kier alpha value is -1.78. The molecule has 6 heteroatoms. The van der Waals surface area contributed by atoms with E-state index in [0.717, 1.165) is 5.69 Å². The van der Waals surface area contributed by atoms with E-state index < -0.39 is 0 Å². The molecule has 21 heavy (non-hydrogen) atoms. The average Bonchev–Trinajstić information content (AvgIpc) is 2.45. The minimum Gasteiger partial charge on any atom is -0.384 e. The van der Waals surface area contributed by atoms with E-state index in [1.807, 2.05) is 0 Å². The molecule has 1 amide bonds. The number of carbonyl (C=O) groups is 1. The van der Waals surface area contributed by atoms with Crippen molar-refractivity contribution >= 4 is 40.5 Å². The summed E-state index contributed by atoms with van der Waals surface area (Å²) in [4.78, 5) is 11.7. The molecule has 0 bridgehead atoms. The lowest BCUT2D eigenvalue weighted by Gasteiger charge is -2.08. The van der Waals surface area contributed by atoms with Crippen molar-refractivity contribution in [1.29, 1.82) is 0 Å². The Kier molecular flexibility index (Phi) is 5.42. The van der Waals surface area contributed by atoms with Crippen LogP contribution in [0.15, 0.2) is 42.5 Å². The minimum atomic E-state index is -0.339. The summed E-state index contributed by atoms with van der Waals surface area (Å²) in [5.41, 5.74) is 1.36. The monoisotopic (exact) mass is 326 g/mol. The summed E-state index contributed by atoms with van der Waals surface area (Å²) in [6.45, 7) is 0.449. The number of hydrogen-bond donors (Lipinski definition) is 2. The number of nitrogens with one attached hydrogen (secondary N) is 2. The second-order valence-corrected chi connectivity index (χ2v) is 5.18. The molecule has 0 saturated heterocycles. The van der Waals surface area contributed by atoms with E-state index in [9.17, 15) is 9.18 Å². The molecule has 0 unspecified atom stereocenters. The van der Waals surface area contributed by atoms with Gasteiger partial charge in [0.15, 0.2) is 0 Å². The van der Waals surface area contributed by atoms with Crippen LogP contribution in [0.3, 0.4) is 0 Å². The summed E-state index contributed by atoms with van der Waals surface area (Å²) in [5.74, 6) is -0.497. The van der Waals surface area contributed by atoms with Crippen molar-refractivity contribution in [2.24, 2.45) is 0 Å². The van der Waals surface area contributed by atoms with E-state index >= 15 is 0 Å². The topological polar surface area (TPSA) is 41.1 Å². The fourth-order valence-electron chi connectivity index (χ4n) is 1.68. The molecular formula is C15H13Cl2FN2O. The summed E-state index contributed by atoms with van der Waals surface area (Å²) in [6.07, 6.45) is 0.275. The number of halogens is 3. The molecule has 2 aromatic rings. The smallest absolute Gasteiger partial charge is 0.226 e. The molecule has 2 aromatic carbocycles. The SMILES string of the molecule is O=C(CCNc1ccc(Cl)c(Cl)c1)Nc1ccc(F)cc1. The van der Waals surface area contributed by atoms with Crippen molar-refractivity contribution in [2.45, 2.75) is 6.42 Å². The van der Waals surface area contributed by atoms with Gasteiger partial charge in [0.05, 0.1) is 10.0 Å². The first kappa shape index (κ1) is 15.6. The quantitative estimate of drug-likeness (QED) is 0.844. The Labute approximate surface area is 132 Å². The molecule has 0 aliphatic heterocycles. The Balaban J connectivity index is 1.78. The van der Waals surface area contributed by atoms with E-state index in [1.54, 1.807) is 18.2 Å². The van der Waals surface area contributed by atoms with Gasteiger partial charge in [0.2, 0.25) is 5.91 Å². The van der Waals surface area contributed by atoms with E-state index in [1.165, 1.54) is 24.3 Å². The maximum atomic E-state index is 12.7. The average molecular weight is 327 g/mol. The largest absolute Gasteiger partial charge is 0.384 e. The molecule has 0 radical (unpaired) electrons. The van der Waals surface area contributed by atoms with E-state index in [4.69, 9.17) is 23.2 Å². The van der Waals surface area contributed by atoms with Crippen LogP contribution < -0.4 is 10.6 Å². The van der Waals surface area contributed by atoms with Crippen molar-refractivity contribution in [3.05, 3.63) is 58.3 Å². The number of rotatable bonds is 5. The molecule has 0 aliphatic carbocycles. The van der Waals surface area contributed by atoms with E-state index in [-0.39, 0.29) is 18.1 Å². The van der Waals surface area contributed by atoms with Gasteiger partial charge in [0.25, 0.3) is 0 Å². The lowest BCUT2D eigenvalue weighted by atomic mass is 10.3. The van der Waals surface area contributed by atoms with Gasteiger partial charge in [-0.15, -0.1) is 0 Å². The number of carbonyl (C=O) groups excluding carboxylic acids is 1. The Morgan fingerprint density at radius 2 is 1.67 bits per heavy atom. The molecule has 0 saturated carbocycles. The number of hydrogen-bond acceptors (Lipinski definition) is 2. The van der Waals surface area contributed by atoms with Crippen LogP contribution in [0.25, 0.3) is 0 Å². The van der Waals surface area contributed by atoms with Crippen molar-refractivity contribution in [1.82, 2.24) is 0 Å². The van der Waals surface area contributed by atoms with Crippen LogP contribution in [-0.4, -0.2) is 12.5 Å². The van der Waals surface area contributed by atoms with Crippen molar-refractivity contribution in [3.8, 4) is 0 Å². The summed E-state index contributed by atoms with van der Waals surface area (Å²) in [7, 11) is 0. The van der Waals surface area contributed by atoms with Gasteiger partial charge in [-0.25, -0.2) is 4.39 Å². The third kappa shape index (κ3) is 4.92. The maximum absolute atomic E-state index is 12.7. The van der Waals surface area contributed by atoms with Crippen LogP contribution in [0.4, 0.5) is 15.8 Å². The van der Waals surface area contributed by atoms with Crippen molar-refractivity contribution in [2.75, 3.05) is 17.2 Å². The second-order valence-electron chi connectivity index (χ2n) is 4.36. The zero-order valence-corrected chi connectivity index (χ0v) is 12.5. The van der Waals surface area contributed by atoms with Gasteiger partial charge in [0, 0.05) is 24.3 Å². The van der Waals surface area contributed by atoms with Gasteiger partial charge in [-0.3, -0.25) is 4.79 Å². The first-order valence-electron chi connectivity index (χ1n) is 6.29. The number of amides is 1. The maximum Gasteiger partial charge on any atom is 0.226 e. The van der Waals surface area contributed by atoms with Crippen LogP contribution in [0.1, 0.15) is 6.42 Å². The predicted molar refractivity (Wildman–Crippen MR) is 84.6 cm³/mol. The molecule has 0 fully saturated rings. The Bertz CT molecular complexity index is 632. The minimum absolute atomic E-state index is 0.158. The first-order valence-corrected chi connectivity index (χ1v) is 7.04. The highest BCUT2D eigenvalue weighted by atomic mass is 35.5. The summed E-state index contributed by atoms with van der Waals surface area (Å²) >= 11 is 11.7. The third-order valence-electron chi connectivity index (χ3n) is 2.73. The van der Waals surface area contributed by atoms with Crippen LogP contribution >= 0.6 is 23.2 Å². The molecule has 3 nitrogen and oxygen atoms in total. The van der Waals surface area contributed by atoms with Gasteiger partial charge in [-0.05, 0) is 42.5 Å². The zero-order chi connectivity index (χ0) is 15.2. The highest BCUT2D eigenvalue weighted by Gasteiger charge is 2.03. The van der Waals surface area contributed by atoms with Gasteiger partial charge in [-0.2, -0.15) is 0 Å². The van der Waals surface area contributed by atoms with Crippen LogP contribution in [0.2, 0.25) is 10.0 Å². The van der Waals surface area contributed by atoms with E-state index in [0.29, 0.717) is 22.3 Å². The number of benzene rings is 2. The lowest BCUT2D eigenvalue weighted by molar-refractivity contribution is -0.115. The lowest BCUT2D eigenvalue weighted by Crippen LogP contribution is -2.16. The molecular weight excluding hydrogens is 314 g/mol. The Morgan fingerprint density at radius 1 is 1.00 bits per heavy atom. The fourth-order valence-corrected chi connectivity index (χ4v) is 1.98. The highest BCUT2D eigenvalue weighted by Crippen LogP contribution is 2.24. The molecule has 0 aliphatic rings. The summed E-state index contributed by atoms with van der Waals surface area (Å²) in [6, 6.07) is 10.8. The first-order chi connectivity index (χ1) is 10.0. The van der Waals surface area contributed by atoms with Gasteiger partial charge in [-0.1, -0.05) is 23.2 Å². The molecule has 110 valence electrons. The Morgan fingerprint density at radius 3 is 2.33 bits per heavy atom. The molecule has 0 heterocycles. The van der Waals surface area contributed by atoms with Gasteiger partial charge >= 0.3 is 0 Å². The fraction of sp³-hybridized carbons (Fsp3) is 0.133. The summed E-state index contributed by atoms with van der Waals surface area (Å²) in [5, 5.41) is 6.70. The van der Waals surface area contributed by atoms with E-state index in [2.05, 4.69) is 10.6 Å². The third-order valence-corrected chi connectivity index (χ3v) is 3.47. The molecule has 0 spiro atoms. The van der Waals surface area contributed by atoms with Crippen LogP contribution in [0, 0.1) is 5.82 Å². The number of anilines is 2. The van der Waals surface area contributed by atoms with Crippen LogP contribution in [-0.2, 0) is 4.79 Å². The molecule has 0 aromatic heterocycles. The zero-order valence-electron chi connectivity index (χ0n) is 11.0. The highest BCUT2D eigenvalue weighted by molar-refractivity contribution is 6.42. The van der Waals surface area contributed by atoms with Gasteiger partial charge < -0.3 is 10.6 Å². The van der Waals surface area contributed by atoms with Gasteiger partial charge in [0.1, 0.15) is 5.82 Å². The molecule has 0 atom stereocenters. The van der Waals surface area contributed by atoms with Crippen molar-refractivity contribution < 1.29 is 9.18 Å². The molecule has 2 N–H and O–H groups in total. The summed E-state index contributed by atoms with van der Waals surface area (Å²) < 4.78 is 12.7. The van der Waals surface area contributed by atoms with Crippen LogP contribution in [0.5, 0.6) is 0 Å². The standard InChI is InChI=1S/C15H13Cl2FN2O/c16-13-6-5-12(9-14(13)17)19-8-7-15(21)20-11-3-1-10(18)2-4-11/h1-6,9,19H,7-8H2,(H,20,21). The normalized spacial score (nSPS) is 10.2. The van der Waals surface area contributed by atoms with Crippen molar-refractivity contribution in [3.63, 3.8) is 0 Å². The second kappa shape index (κ2) is 7.29. The molecule has 2 rings (SSSR count). The predicted octanol–water partition coefficient (Wildman–Crippen LogP) is 4.57.